The molecule has 2 unspecified atom stereocenters. The van der Waals surface area contributed by atoms with Gasteiger partial charge >= 0.3 is 0 Å². The third kappa shape index (κ3) is 4.42. The summed E-state index contributed by atoms with van der Waals surface area (Å²) in [5, 5.41) is 3.63. The maximum Gasteiger partial charge on any atom is 0.163 e. The van der Waals surface area contributed by atoms with Gasteiger partial charge in [0.2, 0.25) is 0 Å². The Hall–Kier alpha value is -1.83. The van der Waals surface area contributed by atoms with E-state index in [1.54, 1.807) is 0 Å². The topological polar surface area (TPSA) is 29.1 Å². The van der Waals surface area contributed by atoms with Gasteiger partial charge in [-0.05, 0) is 81.5 Å². The molecular weight excluding hydrogens is 342 g/mol. The van der Waals surface area contributed by atoms with Gasteiger partial charge in [0.25, 0.3) is 0 Å². The van der Waals surface area contributed by atoms with Gasteiger partial charge in [0, 0.05) is 28.3 Å². The standard InChI is InChI=1S/C24H33NO.C2H6/c1-7-18-12-20-19(11-17(18)4)15-23(5,6)25-21(20)13-22(26)24(8-2)10-9-16(3)14-24;1-2/h7,11-13,16,25H,1,8-10,14-15H2,2-6H3;1-2H3/b21-13-;. The first-order valence-corrected chi connectivity index (χ1v) is 11.0. The molecular formula is C26H39NO. The van der Waals surface area contributed by atoms with E-state index in [1.165, 1.54) is 11.1 Å². The van der Waals surface area contributed by atoms with E-state index in [4.69, 9.17) is 0 Å². The Bertz CT molecular complexity index is 771. The number of nitrogens with one attached hydrogen (secondary N) is 1. The van der Waals surface area contributed by atoms with Gasteiger partial charge in [-0.1, -0.05) is 46.4 Å². The molecule has 2 aliphatic rings. The summed E-state index contributed by atoms with van der Waals surface area (Å²) >= 11 is 0. The number of ketones is 1. The number of hydrogen-bond acceptors (Lipinski definition) is 2. The first kappa shape index (κ1) is 22.5. The molecule has 2 nitrogen and oxygen atoms in total. The molecule has 0 aromatic heterocycles. The second-order valence-corrected chi connectivity index (χ2v) is 9.16. The van der Waals surface area contributed by atoms with Crippen LogP contribution in [-0.2, 0) is 11.2 Å². The molecule has 0 amide bonds. The van der Waals surface area contributed by atoms with E-state index in [0.29, 0.717) is 11.7 Å². The van der Waals surface area contributed by atoms with Gasteiger partial charge in [-0.3, -0.25) is 4.79 Å². The average molecular weight is 382 g/mol. The van der Waals surface area contributed by atoms with Crippen LogP contribution in [0.1, 0.15) is 89.5 Å². The number of rotatable bonds is 4. The molecule has 1 aliphatic heterocycles. The van der Waals surface area contributed by atoms with Crippen molar-refractivity contribution in [2.45, 2.75) is 86.1 Å². The van der Waals surface area contributed by atoms with Crippen LogP contribution in [0.25, 0.3) is 11.8 Å². The van der Waals surface area contributed by atoms with Crippen molar-refractivity contribution in [1.82, 2.24) is 5.32 Å². The Morgan fingerprint density at radius 2 is 2.00 bits per heavy atom. The molecule has 1 saturated carbocycles. The van der Waals surface area contributed by atoms with Gasteiger partial charge in [0.05, 0.1) is 0 Å². The van der Waals surface area contributed by atoms with Crippen LogP contribution < -0.4 is 5.32 Å². The van der Waals surface area contributed by atoms with Crippen molar-refractivity contribution in [2.24, 2.45) is 11.3 Å². The maximum atomic E-state index is 13.3. The van der Waals surface area contributed by atoms with Crippen LogP contribution in [0.4, 0.5) is 0 Å². The van der Waals surface area contributed by atoms with Gasteiger partial charge in [-0.2, -0.15) is 0 Å². The van der Waals surface area contributed by atoms with E-state index in [-0.39, 0.29) is 11.0 Å². The summed E-state index contributed by atoms with van der Waals surface area (Å²) in [6, 6.07) is 4.45. The number of carbonyl (C=O) groups is 1. The molecule has 1 aromatic rings. The van der Waals surface area contributed by atoms with Crippen LogP contribution in [-0.4, -0.2) is 11.3 Å². The summed E-state index contributed by atoms with van der Waals surface area (Å²) in [7, 11) is 0. The zero-order valence-electron chi connectivity index (χ0n) is 19.0. The molecule has 0 radical (unpaired) electrons. The quantitative estimate of drug-likeness (QED) is 0.587. The molecule has 0 saturated heterocycles. The lowest BCUT2D eigenvalue weighted by atomic mass is 9.77. The minimum atomic E-state index is -0.165. The number of carbonyl (C=O) groups excluding carboxylic acids is 1. The summed E-state index contributed by atoms with van der Waals surface area (Å²) in [6.07, 6.45) is 8.91. The van der Waals surface area contributed by atoms with Crippen molar-refractivity contribution in [3.05, 3.63) is 47.0 Å². The van der Waals surface area contributed by atoms with Crippen LogP contribution in [0, 0.1) is 18.3 Å². The SMILES string of the molecule is C=Cc1cc2c(cc1C)CC(C)(C)N/C2=C\C(=O)C1(CC)CCC(C)C1.CC. The Labute approximate surface area is 172 Å². The van der Waals surface area contributed by atoms with Crippen molar-refractivity contribution in [3.8, 4) is 0 Å². The van der Waals surface area contributed by atoms with Crippen LogP contribution in [0.2, 0.25) is 0 Å². The molecule has 0 bridgehead atoms. The van der Waals surface area contributed by atoms with Crippen molar-refractivity contribution >= 4 is 17.6 Å². The zero-order valence-corrected chi connectivity index (χ0v) is 19.0. The monoisotopic (exact) mass is 381 g/mol. The molecule has 1 N–H and O–H groups in total. The third-order valence-corrected chi connectivity index (χ3v) is 6.44. The van der Waals surface area contributed by atoms with Crippen molar-refractivity contribution < 1.29 is 4.79 Å². The Kier molecular flexibility index (Phi) is 6.96. The number of aryl methyl sites for hydroxylation is 1. The van der Waals surface area contributed by atoms with E-state index in [0.717, 1.165) is 48.9 Å². The molecule has 28 heavy (non-hydrogen) atoms. The minimum absolute atomic E-state index is 0.0520. The fourth-order valence-corrected chi connectivity index (χ4v) is 4.86. The molecule has 2 atom stereocenters. The largest absolute Gasteiger partial charge is 0.379 e. The molecule has 2 heteroatoms. The normalized spacial score (nSPS) is 26.7. The molecule has 1 fully saturated rings. The van der Waals surface area contributed by atoms with E-state index in [9.17, 15) is 4.79 Å². The summed E-state index contributed by atoms with van der Waals surface area (Å²) in [5.74, 6) is 0.951. The molecule has 3 rings (SSSR count). The fraction of sp³-hybridized carbons (Fsp3) is 0.577. The smallest absolute Gasteiger partial charge is 0.163 e. The molecule has 1 heterocycles. The highest BCUT2D eigenvalue weighted by Crippen LogP contribution is 2.45. The Morgan fingerprint density at radius 1 is 1.32 bits per heavy atom. The van der Waals surface area contributed by atoms with E-state index in [1.807, 2.05) is 26.0 Å². The Morgan fingerprint density at radius 3 is 2.54 bits per heavy atom. The lowest BCUT2D eigenvalue weighted by molar-refractivity contribution is -0.123. The predicted octanol–water partition coefficient (Wildman–Crippen LogP) is 6.71. The van der Waals surface area contributed by atoms with Crippen LogP contribution in [0.5, 0.6) is 0 Å². The molecule has 154 valence electrons. The van der Waals surface area contributed by atoms with Gasteiger partial charge in [0.15, 0.2) is 5.78 Å². The van der Waals surface area contributed by atoms with Crippen molar-refractivity contribution in [2.75, 3.05) is 0 Å². The number of allylic oxidation sites excluding steroid dienone is 1. The zero-order chi connectivity index (χ0) is 21.1. The highest BCUT2D eigenvalue weighted by Gasteiger charge is 2.41. The molecule has 1 aromatic carbocycles. The molecule has 0 spiro atoms. The van der Waals surface area contributed by atoms with Gasteiger partial charge in [-0.15, -0.1) is 0 Å². The second-order valence-electron chi connectivity index (χ2n) is 9.16. The van der Waals surface area contributed by atoms with Crippen LogP contribution in [0.3, 0.4) is 0 Å². The van der Waals surface area contributed by atoms with Crippen molar-refractivity contribution in [1.29, 1.82) is 0 Å². The second kappa shape index (κ2) is 8.68. The first-order chi connectivity index (χ1) is 13.2. The van der Waals surface area contributed by atoms with Crippen LogP contribution in [0.15, 0.2) is 24.8 Å². The number of benzene rings is 1. The Balaban J connectivity index is 0.00000136. The highest BCUT2D eigenvalue weighted by atomic mass is 16.1. The summed E-state index contributed by atoms with van der Waals surface area (Å²) < 4.78 is 0. The lowest BCUT2D eigenvalue weighted by Crippen LogP contribution is -2.44. The lowest BCUT2D eigenvalue weighted by Gasteiger charge is -2.36. The summed E-state index contributed by atoms with van der Waals surface area (Å²) in [4.78, 5) is 13.3. The van der Waals surface area contributed by atoms with Crippen LogP contribution >= 0.6 is 0 Å². The van der Waals surface area contributed by atoms with Gasteiger partial charge in [0.1, 0.15) is 0 Å². The van der Waals surface area contributed by atoms with E-state index < -0.39 is 0 Å². The third-order valence-electron chi connectivity index (χ3n) is 6.44. The fourth-order valence-electron chi connectivity index (χ4n) is 4.86. The highest BCUT2D eigenvalue weighted by molar-refractivity contribution is 6.01. The minimum Gasteiger partial charge on any atom is -0.379 e. The first-order valence-electron chi connectivity index (χ1n) is 11.0. The van der Waals surface area contributed by atoms with Gasteiger partial charge < -0.3 is 5.32 Å². The number of fused-ring (bicyclic) bond motifs is 1. The predicted molar refractivity (Wildman–Crippen MR) is 122 cm³/mol. The van der Waals surface area contributed by atoms with Crippen molar-refractivity contribution in [3.63, 3.8) is 0 Å². The van der Waals surface area contributed by atoms with E-state index in [2.05, 4.69) is 58.6 Å². The maximum absolute atomic E-state index is 13.3. The summed E-state index contributed by atoms with van der Waals surface area (Å²) in [6.45, 7) is 18.9. The molecule has 1 aliphatic carbocycles. The average Bonchev–Trinajstić information content (AvgIpc) is 3.04. The number of hydrogen-bond donors (Lipinski definition) is 1. The van der Waals surface area contributed by atoms with E-state index >= 15 is 0 Å². The van der Waals surface area contributed by atoms with Gasteiger partial charge in [-0.25, -0.2) is 0 Å². The summed E-state index contributed by atoms with van der Waals surface area (Å²) in [5.41, 5.74) is 5.64.